The van der Waals surface area contributed by atoms with Gasteiger partial charge in [0.05, 0.1) is 11.5 Å². The summed E-state index contributed by atoms with van der Waals surface area (Å²) in [5.41, 5.74) is 0. The molecule has 18 heavy (non-hydrogen) atoms. The monoisotopic (exact) mass is 267 g/mol. The lowest BCUT2D eigenvalue weighted by Crippen LogP contribution is -2.21. The van der Waals surface area contributed by atoms with Crippen LogP contribution in [-0.2, 0) is 9.84 Å². The summed E-state index contributed by atoms with van der Waals surface area (Å²) in [6, 6.07) is 1.50. The Morgan fingerprint density at radius 1 is 1.56 bits per heavy atom. The summed E-state index contributed by atoms with van der Waals surface area (Å²) in [5.74, 6) is 1.33. The summed E-state index contributed by atoms with van der Waals surface area (Å²) < 4.78 is 22.7. The van der Waals surface area contributed by atoms with Crippen LogP contribution in [0.4, 0.5) is 11.6 Å². The van der Waals surface area contributed by atoms with Gasteiger partial charge in [-0.2, -0.15) is 5.26 Å². The molecule has 96 valence electrons. The number of sulfone groups is 1. The Morgan fingerprint density at radius 3 is 2.94 bits per heavy atom. The summed E-state index contributed by atoms with van der Waals surface area (Å²) in [6.07, 6.45) is 3.86. The molecule has 1 saturated heterocycles. The molecule has 0 radical (unpaired) electrons. The number of aromatic nitrogens is 2. The van der Waals surface area contributed by atoms with Gasteiger partial charge in [0, 0.05) is 19.2 Å². The number of hydrogen-bond acceptors (Lipinski definition) is 7. The van der Waals surface area contributed by atoms with E-state index in [1.54, 1.807) is 13.1 Å². The largest absolute Gasteiger partial charge is 0.366 e. The highest BCUT2D eigenvalue weighted by atomic mass is 32.2. The van der Waals surface area contributed by atoms with E-state index >= 15 is 0 Å². The molecular formula is C10H13N5O2S. The average Bonchev–Trinajstić information content (AvgIpc) is 2.68. The van der Waals surface area contributed by atoms with Gasteiger partial charge in [0.2, 0.25) is 0 Å². The van der Waals surface area contributed by atoms with E-state index in [2.05, 4.69) is 15.3 Å². The molecule has 8 heteroatoms. The van der Waals surface area contributed by atoms with Gasteiger partial charge in [-0.15, -0.1) is 0 Å². The minimum Gasteiger partial charge on any atom is -0.366 e. The summed E-state index contributed by atoms with van der Waals surface area (Å²) in [4.78, 5) is 9.27. The van der Waals surface area contributed by atoms with Crippen LogP contribution in [0.2, 0.25) is 0 Å². The molecule has 1 aromatic rings. The van der Waals surface area contributed by atoms with Crippen molar-refractivity contribution in [3.8, 4) is 6.19 Å². The van der Waals surface area contributed by atoms with E-state index in [9.17, 15) is 8.42 Å². The van der Waals surface area contributed by atoms with Crippen LogP contribution in [0.25, 0.3) is 0 Å². The molecule has 7 nitrogen and oxygen atoms in total. The Bertz CT molecular complexity index is 580. The molecule has 0 amide bonds. The summed E-state index contributed by atoms with van der Waals surface area (Å²) in [5, 5.41) is 11.8. The molecule has 0 saturated carbocycles. The second-order valence-electron chi connectivity index (χ2n) is 4.16. The third-order valence-electron chi connectivity index (χ3n) is 2.73. The quantitative estimate of drug-likeness (QED) is 0.607. The van der Waals surface area contributed by atoms with Crippen molar-refractivity contribution in [3.05, 3.63) is 12.4 Å². The van der Waals surface area contributed by atoms with Gasteiger partial charge in [-0.3, -0.25) is 4.90 Å². The highest BCUT2D eigenvalue weighted by molar-refractivity contribution is 7.91. The van der Waals surface area contributed by atoms with Crippen LogP contribution in [-0.4, -0.2) is 43.0 Å². The maximum atomic E-state index is 11.3. The molecule has 1 unspecified atom stereocenters. The number of rotatable bonds is 3. The van der Waals surface area contributed by atoms with Crippen molar-refractivity contribution in [3.63, 3.8) is 0 Å². The lowest BCUT2D eigenvalue weighted by Gasteiger charge is -2.13. The van der Waals surface area contributed by atoms with Crippen molar-refractivity contribution < 1.29 is 8.42 Å². The third kappa shape index (κ3) is 2.87. The predicted octanol–water partition coefficient (Wildman–Crippen LogP) is -0.00712. The molecule has 1 fully saturated rings. The topological polar surface area (TPSA) is 99.0 Å². The van der Waals surface area contributed by atoms with Gasteiger partial charge in [-0.05, 0) is 6.42 Å². The number of anilines is 2. The van der Waals surface area contributed by atoms with E-state index in [4.69, 9.17) is 5.26 Å². The van der Waals surface area contributed by atoms with Crippen LogP contribution in [0.5, 0.6) is 0 Å². The first-order chi connectivity index (χ1) is 8.50. The second-order valence-corrected chi connectivity index (χ2v) is 6.39. The standard InChI is InChI=1S/C10H13N5O2S/c1-15(6-11)10-4-9(12-7-13-10)14-8-2-3-18(16,17)5-8/h4,7-8H,2-3,5H2,1H3,(H,12,13,14). The zero-order valence-electron chi connectivity index (χ0n) is 9.87. The fourth-order valence-electron chi connectivity index (χ4n) is 1.78. The molecule has 1 aliphatic rings. The van der Waals surface area contributed by atoms with Gasteiger partial charge in [0.1, 0.15) is 18.0 Å². The lowest BCUT2D eigenvalue weighted by atomic mass is 10.2. The third-order valence-corrected chi connectivity index (χ3v) is 4.50. The SMILES string of the molecule is CN(C#N)c1cc(NC2CCS(=O)(=O)C2)ncn1. The van der Waals surface area contributed by atoms with Gasteiger partial charge < -0.3 is 5.32 Å². The molecule has 0 spiro atoms. The molecule has 0 aliphatic carbocycles. The fourth-order valence-corrected chi connectivity index (χ4v) is 3.45. The lowest BCUT2D eigenvalue weighted by molar-refractivity contribution is 0.602. The van der Waals surface area contributed by atoms with Gasteiger partial charge in [-0.1, -0.05) is 0 Å². The van der Waals surface area contributed by atoms with E-state index < -0.39 is 9.84 Å². The first-order valence-corrected chi connectivity index (χ1v) is 7.25. The van der Waals surface area contributed by atoms with E-state index in [1.807, 2.05) is 6.19 Å². The van der Waals surface area contributed by atoms with Crippen molar-refractivity contribution in [2.75, 3.05) is 28.8 Å². The minimum atomic E-state index is -2.92. The molecular weight excluding hydrogens is 254 g/mol. The number of hydrogen-bond donors (Lipinski definition) is 1. The Labute approximate surface area is 105 Å². The van der Waals surface area contributed by atoms with Crippen molar-refractivity contribution in [2.24, 2.45) is 0 Å². The summed E-state index contributed by atoms with van der Waals surface area (Å²) >= 11 is 0. The van der Waals surface area contributed by atoms with Crippen molar-refractivity contribution in [2.45, 2.75) is 12.5 Å². The Balaban J connectivity index is 2.09. The molecule has 1 N–H and O–H groups in total. The van der Waals surface area contributed by atoms with Gasteiger partial charge in [-0.25, -0.2) is 18.4 Å². The van der Waals surface area contributed by atoms with Crippen LogP contribution >= 0.6 is 0 Å². The molecule has 2 rings (SSSR count). The normalized spacial score (nSPS) is 21.2. The Kier molecular flexibility index (Phi) is 3.34. The minimum absolute atomic E-state index is 0.120. The first kappa shape index (κ1) is 12.6. The van der Waals surface area contributed by atoms with Crippen LogP contribution in [0.15, 0.2) is 12.4 Å². The van der Waals surface area contributed by atoms with E-state index in [0.29, 0.717) is 18.1 Å². The molecule has 0 aromatic carbocycles. The molecule has 1 aromatic heterocycles. The second kappa shape index (κ2) is 4.78. The van der Waals surface area contributed by atoms with Crippen LogP contribution in [0.1, 0.15) is 6.42 Å². The van der Waals surface area contributed by atoms with Crippen LogP contribution in [0.3, 0.4) is 0 Å². The van der Waals surface area contributed by atoms with Crippen LogP contribution < -0.4 is 10.2 Å². The maximum absolute atomic E-state index is 11.3. The molecule has 1 aliphatic heterocycles. The highest BCUT2D eigenvalue weighted by Gasteiger charge is 2.27. The zero-order valence-corrected chi connectivity index (χ0v) is 10.7. The molecule has 0 bridgehead atoms. The highest BCUT2D eigenvalue weighted by Crippen LogP contribution is 2.18. The maximum Gasteiger partial charge on any atom is 0.185 e. The van der Waals surface area contributed by atoms with Gasteiger partial charge in [0.25, 0.3) is 0 Å². The van der Waals surface area contributed by atoms with E-state index in [-0.39, 0.29) is 17.5 Å². The average molecular weight is 267 g/mol. The summed E-state index contributed by atoms with van der Waals surface area (Å²) in [6.45, 7) is 0. The van der Waals surface area contributed by atoms with Gasteiger partial charge in [0.15, 0.2) is 16.0 Å². The van der Waals surface area contributed by atoms with E-state index in [1.165, 1.54) is 11.2 Å². The fraction of sp³-hybridized carbons (Fsp3) is 0.500. The summed E-state index contributed by atoms with van der Waals surface area (Å²) in [7, 11) is -1.33. The number of nitrogens with one attached hydrogen (secondary N) is 1. The Hall–Kier alpha value is -1.88. The first-order valence-electron chi connectivity index (χ1n) is 5.42. The number of nitrogens with zero attached hydrogens (tertiary/aromatic N) is 4. The molecule has 1 atom stereocenters. The van der Waals surface area contributed by atoms with E-state index in [0.717, 1.165) is 0 Å². The van der Waals surface area contributed by atoms with Crippen molar-refractivity contribution >= 4 is 21.5 Å². The van der Waals surface area contributed by atoms with Crippen molar-refractivity contribution in [1.29, 1.82) is 5.26 Å². The van der Waals surface area contributed by atoms with Gasteiger partial charge >= 0.3 is 0 Å². The Morgan fingerprint density at radius 2 is 2.33 bits per heavy atom. The molecule has 2 heterocycles. The predicted molar refractivity (Wildman–Crippen MR) is 66.7 cm³/mol. The zero-order chi connectivity index (χ0) is 13.2. The number of nitriles is 1. The van der Waals surface area contributed by atoms with Crippen molar-refractivity contribution in [1.82, 2.24) is 9.97 Å². The van der Waals surface area contributed by atoms with Crippen LogP contribution in [0, 0.1) is 11.5 Å². The smallest absolute Gasteiger partial charge is 0.185 e.